The zero-order valence-electron chi connectivity index (χ0n) is 18.5. The van der Waals surface area contributed by atoms with E-state index in [9.17, 15) is 4.79 Å². The predicted octanol–water partition coefficient (Wildman–Crippen LogP) is 4.02. The number of anilines is 2. The molecule has 0 atom stereocenters. The molecule has 2 aromatic carbocycles. The van der Waals surface area contributed by atoms with Crippen LogP contribution in [-0.2, 0) is 16.1 Å². The molecule has 0 spiro atoms. The Hall–Kier alpha value is -2.84. The van der Waals surface area contributed by atoms with E-state index in [0.717, 1.165) is 29.9 Å². The predicted molar refractivity (Wildman–Crippen MR) is 128 cm³/mol. The molecule has 0 saturated carbocycles. The van der Waals surface area contributed by atoms with Gasteiger partial charge in [0.25, 0.3) is 0 Å². The van der Waals surface area contributed by atoms with Crippen molar-refractivity contribution in [3.63, 3.8) is 0 Å². The summed E-state index contributed by atoms with van der Waals surface area (Å²) >= 11 is 1.41. The Kier molecular flexibility index (Phi) is 7.44. The number of aromatic nitrogens is 3. The Morgan fingerprint density at radius 1 is 1.06 bits per heavy atom. The minimum Gasteiger partial charge on any atom is -0.378 e. The van der Waals surface area contributed by atoms with Crippen molar-refractivity contribution in [1.29, 1.82) is 0 Å². The van der Waals surface area contributed by atoms with E-state index < -0.39 is 0 Å². The first kappa shape index (κ1) is 22.4. The number of nitrogens with zero attached hydrogens (tertiary/aromatic N) is 4. The lowest BCUT2D eigenvalue weighted by Gasteiger charge is -2.28. The van der Waals surface area contributed by atoms with Crippen LogP contribution in [0.2, 0.25) is 0 Å². The molecule has 1 N–H and O–H groups in total. The quantitative estimate of drug-likeness (QED) is 0.522. The van der Waals surface area contributed by atoms with Crippen LogP contribution in [0.4, 0.5) is 11.6 Å². The number of benzene rings is 2. The molecule has 2 heterocycles. The van der Waals surface area contributed by atoms with Crippen molar-refractivity contribution in [1.82, 2.24) is 14.8 Å². The first-order valence-electron chi connectivity index (χ1n) is 10.9. The van der Waals surface area contributed by atoms with Gasteiger partial charge in [-0.3, -0.25) is 9.36 Å². The smallest absolute Gasteiger partial charge is 0.234 e. The fourth-order valence-electron chi connectivity index (χ4n) is 3.57. The summed E-state index contributed by atoms with van der Waals surface area (Å²) in [5.74, 6) is 1.49. The molecule has 1 fully saturated rings. The van der Waals surface area contributed by atoms with Crippen molar-refractivity contribution in [2.24, 2.45) is 0 Å². The van der Waals surface area contributed by atoms with Gasteiger partial charge in [-0.2, -0.15) is 0 Å². The van der Waals surface area contributed by atoms with E-state index in [1.807, 2.05) is 30.3 Å². The minimum atomic E-state index is -0.0607. The fraction of sp³-hybridized carbons (Fsp3) is 0.375. The van der Waals surface area contributed by atoms with Crippen LogP contribution in [0.3, 0.4) is 0 Å². The standard InChI is InChI=1S/C24H29N5O2S/c1-18(2)20-8-10-21(11-9-20)25-22(30)17-32-24-27-26-23(28-12-14-31-15-13-28)29(24)16-19-6-4-3-5-7-19/h3-11,18H,12-17H2,1-2H3,(H,25,30). The topological polar surface area (TPSA) is 72.3 Å². The number of morpholine rings is 1. The van der Waals surface area contributed by atoms with Crippen LogP contribution in [0, 0.1) is 0 Å². The molecule has 0 aliphatic carbocycles. The molecule has 0 radical (unpaired) electrons. The lowest BCUT2D eigenvalue weighted by atomic mass is 10.0. The fourth-order valence-corrected chi connectivity index (χ4v) is 4.30. The Labute approximate surface area is 193 Å². The number of amides is 1. The highest BCUT2D eigenvalue weighted by Crippen LogP contribution is 2.25. The molecule has 4 rings (SSSR count). The first-order chi connectivity index (χ1) is 15.6. The molecule has 3 aromatic rings. The van der Waals surface area contributed by atoms with E-state index in [4.69, 9.17) is 4.74 Å². The average molecular weight is 452 g/mol. The van der Waals surface area contributed by atoms with Crippen LogP contribution in [0.1, 0.15) is 30.9 Å². The van der Waals surface area contributed by atoms with Crippen LogP contribution in [0.25, 0.3) is 0 Å². The number of rotatable bonds is 8. The maximum absolute atomic E-state index is 12.6. The summed E-state index contributed by atoms with van der Waals surface area (Å²) in [6, 6.07) is 18.2. The summed E-state index contributed by atoms with van der Waals surface area (Å²) in [6.45, 7) is 7.88. The second-order valence-electron chi connectivity index (χ2n) is 8.07. The summed E-state index contributed by atoms with van der Waals surface area (Å²) in [5, 5.41) is 12.6. The number of carbonyl (C=O) groups excluding carboxylic acids is 1. The molecule has 32 heavy (non-hydrogen) atoms. The van der Waals surface area contributed by atoms with Crippen LogP contribution in [0.15, 0.2) is 59.8 Å². The van der Waals surface area contributed by atoms with Crippen molar-refractivity contribution in [3.05, 3.63) is 65.7 Å². The maximum atomic E-state index is 12.6. The van der Waals surface area contributed by atoms with Gasteiger partial charge in [0.05, 0.1) is 25.5 Å². The number of hydrogen-bond acceptors (Lipinski definition) is 6. The molecule has 168 valence electrons. The first-order valence-corrected chi connectivity index (χ1v) is 11.9. The van der Waals surface area contributed by atoms with E-state index in [1.165, 1.54) is 22.9 Å². The molecule has 1 aliphatic rings. The van der Waals surface area contributed by atoms with Crippen molar-refractivity contribution in [3.8, 4) is 0 Å². The van der Waals surface area contributed by atoms with Crippen molar-refractivity contribution < 1.29 is 9.53 Å². The third-order valence-corrected chi connectivity index (χ3v) is 6.33. The molecule has 7 nitrogen and oxygen atoms in total. The van der Waals surface area contributed by atoms with E-state index in [1.54, 1.807) is 0 Å². The van der Waals surface area contributed by atoms with Gasteiger partial charge in [0.2, 0.25) is 11.9 Å². The lowest BCUT2D eigenvalue weighted by molar-refractivity contribution is -0.113. The van der Waals surface area contributed by atoms with Gasteiger partial charge in [-0.05, 0) is 29.2 Å². The lowest BCUT2D eigenvalue weighted by Crippen LogP contribution is -2.38. The number of thioether (sulfide) groups is 1. The normalized spacial score (nSPS) is 14.0. The van der Waals surface area contributed by atoms with Crippen molar-refractivity contribution >= 4 is 29.3 Å². The number of nitrogens with one attached hydrogen (secondary N) is 1. The summed E-state index contributed by atoms with van der Waals surface area (Å²) in [7, 11) is 0. The maximum Gasteiger partial charge on any atom is 0.234 e. The molecule has 0 bridgehead atoms. The zero-order chi connectivity index (χ0) is 22.3. The third kappa shape index (κ3) is 5.69. The second-order valence-corrected chi connectivity index (χ2v) is 9.01. The Morgan fingerprint density at radius 3 is 2.47 bits per heavy atom. The summed E-state index contributed by atoms with van der Waals surface area (Å²) in [6.07, 6.45) is 0. The van der Waals surface area contributed by atoms with Gasteiger partial charge >= 0.3 is 0 Å². The van der Waals surface area contributed by atoms with Gasteiger partial charge in [-0.1, -0.05) is 68.1 Å². The average Bonchev–Trinajstić information content (AvgIpc) is 3.21. The van der Waals surface area contributed by atoms with E-state index in [0.29, 0.717) is 25.7 Å². The molecule has 8 heteroatoms. The van der Waals surface area contributed by atoms with Crippen molar-refractivity contribution in [2.45, 2.75) is 31.5 Å². The van der Waals surface area contributed by atoms with Gasteiger partial charge in [0, 0.05) is 18.8 Å². The molecular formula is C24H29N5O2S. The van der Waals surface area contributed by atoms with Gasteiger partial charge in [-0.15, -0.1) is 10.2 Å². The monoisotopic (exact) mass is 451 g/mol. The number of ether oxygens (including phenoxy) is 1. The minimum absolute atomic E-state index is 0.0607. The number of hydrogen-bond donors (Lipinski definition) is 1. The highest BCUT2D eigenvalue weighted by Gasteiger charge is 2.21. The Bertz CT molecular complexity index is 1010. The van der Waals surface area contributed by atoms with Crippen LogP contribution >= 0.6 is 11.8 Å². The van der Waals surface area contributed by atoms with E-state index >= 15 is 0 Å². The molecule has 1 saturated heterocycles. The van der Waals surface area contributed by atoms with Gasteiger partial charge in [0.15, 0.2) is 5.16 Å². The van der Waals surface area contributed by atoms with E-state index in [2.05, 4.69) is 63.1 Å². The SMILES string of the molecule is CC(C)c1ccc(NC(=O)CSc2nnc(N3CCOCC3)n2Cc2ccccc2)cc1. The van der Waals surface area contributed by atoms with Gasteiger partial charge < -0.3 is 15.0 Å². The van der Waals surface area contributed by atoms with Crippen LogP contribution in [-0.4, -0.2) is 52.7 Å². The number of carbonyl (C=O) groups is 1. The van der Waals surface area contributed by atoms with Crippen LogP contribution in [0.5, 0.6) is 0 Å². The van der Waals surface area contributed by atoms with Crippen LogP contribution < -0.4 is 10.2 Å². The van der Waals surface area contributed by atoms with E-state index in [-0.39, 0.29) is 11.7 Å². The highest BCUT2D eigenvalue weighted by molar-refractivity contribution is 7.99. The molecule has 1 aromatic heterocycles. The highest BCUT2D eigenvalue weighted by atomic mass is 32.2. The van der Waals surface area contributed by atoms with Gasteiger partial charge in [0.1, 0.15) is 0 Å². The summed E-state index contributed by atoms with van der Waals surface area (Å²) in [4.78, 5) is 14.8. The van der Waals surface area contributed by atoms with Gasteiger partial charge in [-0.25, -0.2) is 0 Å². The summed E-state index contributed by atoms with van der Waals surface area (Å²) < 4.78 is 7.58. The molecular weight excluding hydrogens is 422 g/mol. The largest absolute Gasteiger partial charge is 0.378 e. The molecule has 0 unspecified atom stereocenters. The second kappa shape index (κ2) is 10.7. The Morgan fingerprint density at radius 2 is 1.78 bits per heavy atom. The Balaban J connectivity index is 1.45. The molecule has 1 amide bonds. The summed E-state index contributed by atoms with van der Waals surface area (Å²) in [5.41, 5.74) is 3.22. The third-order valence-electron chi connectivity index (χ3n) is 5.37. The molecule has 1 aliphatic heterocycles. The van der Waals surface area contributed by atoms with Crippen molar-refractivity contribution in [2.75, 3.05) is 42.3 Å². The zero-order valence-corrected chi connectivity index (χ0v) is 19.3.